The number of aromatic amines is 1. The number of aromatic nitrogens is 2. The Morgan fingerprint density at radius 1 is 1.40 bits per heavy atom. The molecule has 0 spiro atoms. The molecule has 1 fully saturated rings. The van der Waals surface area contributed by atoms with Crippen molar-refractivity contribution < 1.29 is 14.1 Å². The Hall–Kier alpha value is -2.90. The Morgan fingerprint density at radius 3 is 2.84 bits per heavy atom. The molecule has 1 aromatic heterocycles. The van der Waals surface area contributed by atoms with Crippen LogP contribution in [0.3, 0.4) is 0 Å². The fraction of sp³-hybridized carbons (Fsp3) is 0.412. The Morgan fingerprint density at radius 2 is 2.16 bits per heavy atom. The minimum Gasteiger partial charge on any atom is -0.355 e. The van der Waals surface area contributed by atoms with Crippen molar-refractivity contribution in [1.29, 1.82) is 0 Å². The molecule has 2 heterocycles. The third kappa shape index (κ3) is 3.96. The van der Waals surface area contributed by atoms with Gasteiger partial charge in [-0.05, 0) is 12.5 Å². The lowest BCUT2D eigenvalue weighted by atomic mass is 10.1. The van der Waals surface area contributed by atoms with E-state index in [1.165, 1.54) is 0 Å². The lowest BCUT2D eigenvalue weighted by Crippen LogP contribution is -2.34. The van der Waals surface area contributed by atoms with Crippen LogP contribution >= 0.6 is 0 Å². The van der Waals surface area contributed by atoms with Crippen LogP contribution in [0.5, 0.6) is 0 Å². The highest BCUT2D eigenvalue weighted by Gasteiger charge is 2.36. The first kappa shape index (κ1) is 16.9. The SMILES string of the molecule is C[C@@H](c1ccccc1)N1C[C@@H](C(=O)NCCc2noc(=O)[nH]2)CC1=O. The summed E-state index contributed by atoms with van der Waals surface area (Å²) < 4.78 is 4.39. The molecule has 2 N–H and O–H groups in total. The lowest BCUT2D eigenvalue weighted by Gasteiger charge is -2.25. The molecule has 0 aliphatic carbocycles. The van der Waals surface area contributed by atoms with Gasteiger partial charge in [0.1, 0.15) is 0 Å². The fourth-order valence-corrected chi connectivity index (χ4v) is 3.01. The molecular weight excluding hydrogens is 324 g/mol. The number of rotatable bonds is 6. The number of amides is 2. The van der Waals surface area contributed by atoms with Crippen molar-refractivity contribution in [3.05, 3.63) is 52.3 Å². The standard InChI is InChI=1S/C17H20N4O4/c1-11(12-5-3-2-4-6-12)21-10-13(9-15(21)22)16(23)18-8-7-14-19-17(24)25-20-14/h2-6,11,13H,7-10H2,1H3,(H,18,23)(H,19,20,24)/t11-,13-/m0/s1. The van der Waals surface area contributed by atoms with Crippen LogP contribution in [0.25, 0.3) is 0 Å². The molecule has 8 nitrogen and oxygen atoms in total. The zero-order valence-electron chi connectivity index (χ0n) is 13.9. The summed E-state index contributed by atoms with van der Waals surface area (Å²) in [6.45, 7) is 2.69. The maximum atomic E-state index is 12.3. The van der Waals surface area contributed by atoms with E-state index < -0.39 is 5.76 Å². The first-order valence-corrected chi connectivity index (χ1v) is 8.21. The van der Waals surface area contributed by atoms with Gasteiger partial charge in [-0.3, -0.25) is 19.1 Å². The van der Waals surface area contributed by atoms with Crippen molar-refractivity contribution in [3.63, 3.8) is 0 Å². The summed E-state index contributed by atoms with van der Waals surface area (Å²) in [5, 5.41) is 6.31. The average Bonchev–Trinajstić information content (AvgIpc) is 3.20. The number of likely N-dealkylation sites (tertiary alicyclic amines) is 1. The monoisotopic (exact) mass is 344 g/mol. The van der Waals surface area contributed by atoms with Gasteiger partial charge in [-0.1, -0.05) is 35.5 Å². The fourth-order valence-electron chi connectivity index (χ4n) is 3.01. The minimum atomic E-state index is -0.617. The van der Waals surface area contributed by atoms with Crippen molar-refractivity contribution in [2.24, 2.45) is 5.92 Å². The van der Waals surface area contributed by atoms with E-state index in [0.717, 1.165) is 5.56 Å². The second-order valence-corrected chi connectivity index (χ2v) is 6.12. The first-order chi connectivity index (χ1) is 12.0. The molecule has 0 unspecified atom stereocenters. The predicted molar refractivity (Wildman–Crippen MR) is 88.5 cm³/mol. The molecule has 8 heteroatoms. The summed E-state index contributed by atoms with van der Waals surface area (Å²) in [6.07, 6.45) is 0.575. The summed E-state index contributed by atoms with van der Waals surface area (Å²) in [6, 6.07) is 9.69. The zero-order valence-corrected chi connectivity index (χ0v) is 13.9. The van der Waals surface area contributed by atoms with Gasteiger partial charge in [0.05, 0.1) is 12.0 Å². The van der Waals surface area contributed by atoms with E-state index in [2.05, 4.69) is 20.0 Å². The molecule has 132 valence electrons. The average molecular weight is 344 g/mol. The van der Waals surface area contributed by atoms with Crippen LogP contribution < -0.4 is 11.1 Å². The number of hydrogen-bond donors (Lipinski definition) is 2. The molecule has 1 aromatic carbocycles. The van der Waals surface area contributed by atoms with Gasteiger partial charge in [-0.15, -0.1) is 0 Å². The third-order valence-electron chi connectivity index (χ3n) is 4.42. The molecule has 2 amide bonds. The first-order valence-electron chi connectivity index (χ1n) is 8.21. The molecule has 2 atom stereocenters. The van der Waals surface area contributed by atoms with Gasteiger partial charge in [0.2, 0.25) is 11.8 Å². The second-order valence-electron chi connectivity index (χ2n) is 6.12. The van der Waals surface area contributed by atoms with Crippen LogP contribution in [0.1, 0.15) is 30.8 Å². The lowest BCUT2D eigenvalue weighted by molar-refractivity contribution is -0.130. The van der Waals surface area contributed by atoms with E-state index in [4.69, 9.17) is 0 Å². The zero-order chi connectivity index (χ0) is 17.8. The predicted octanol–water partition coefficient (Wildman–Crippen LogP) is 0.631. The van der Waals surface area contributed by atoms with Gasteiger partial charge < -0.3 is 10.2 Å². The van der Waals surface area contributed by atoms with E-state index >= 15 is 0 Å². The Balaban J connectivity index is 1.52. The maximum Gasteiger partial charge on any atom is 0.438 e. The van der Waals surface area contributed by atoms with Gasteiger partial charge in [0.25, 0.3) is 0 Å². The highest BCUT2D eigenvalue weighted by atomic mass is 16.5. The normalized spacial score (nSPS) is 18.4. The molecule has 3 rings (SSSR count). The van der Waals surface area contributed by atoms with Gasteiger partial charge in [0, 0.05) is 25.9 Å². The molecule has 1 aliphatic rings. The van der Waals surface area contributed by atoms with Crippen molar-refractivity contribution in [2.45, 2.75) is 25.8 Å². The highest BCUT2D eigenvalue weighted by molar-refractivity contribution is 5.89. The van der Waals surface area contributed by atoms with Crippen molar-refractivity contribution in [2.75, 3.05) is 13.1 Å². The van der Waals surface area contributed by atoms with Gasteiger partial charge in [-0.25, -0.2) is 4.79 Å². The molecule has 0 saturated carbocycles. The van der Waals surface area contributed by atoms with E-state index in [1.807, 2.05) is 37.3 Å². The van der Waals surface area contributed by atoms with Crippen LogP contribution in [0.15, 0.2) is 39.6 Å². The number of nitrogens with one attached hydrogen (secondary N) is 2. The number of H-pyrrole nitrogens is 1. The largest absolute Gasteiger partial charge is 0.438 e. The van der Waals surface area contributed by atoms with Crippen LogP contribution in [0.2, 0.25) is 0 Å². The van der Waals surface area contributed by atoms with E-state index in [0.29, 0.717) is 25.3 Å². The third-order valence-corrected chi connectivity index (χ3v) is 4.42. The smallest absolute Gasteiger partial charge is 0.355 e. The van der Waals surface area contributed by atoms with E-state index in [1.54, 1.807) is 4.90 Å². The number of benzene rings is 1. The summed E-state index contributed by atoms with van der Waals surface area (Å²) in [5.74, 6) is -0.783. The molecule has 2 aromatic rings. The second kappa shape index (κ2) is 7.33. The van der Waals surface area contributed by atoms with Crippen LogP contribution in [0, 0.1) is 5.92 Å². The van der Waals surface area contributed by atoms with Crippen molar-refractivity contribution in [1.82, 2.24) is 20.4 Å². The van der Waals surface area contributed by atoms with Crippen molar-refractivity contribution in [3.8, 4) is 0 Å². The van der Waals surface area contributed by atoms with Crippen LogP contribution in [0.4, 0.5) is 0 Å². The van der Waals surface area contributed by atoms with Gasteiger partial charge in [-0.2, -0.15) is 0 Å². The Kier molecular flexibility index (Phi) is 4.97. The van der Waals surface area contributed by atoms with E-state index in [-0.39, 0.29) is 30.2 Å². The quantitative estimate of drug-likeness (QED) is 0.799. The molecule has 1 saturated heterocycles. The molecule has 1 aliphatic heterocycles. The number of carbonyl (C=O) groups excluding carboxylic acids is 2. The number of nitrogens with zero attached hydrogens (tertiary/aromatic N) is 2. The summed E-state index contributed by atoms with van der Waals surface area (Å²) in [4.78, 5) is 39.6. The summed E-state index contributed by atoms with van der Waals surface area (Å²) in [5.41, 5.74) is 1.05. The summed E-state index contributed by atoms with van der Waals surface area (Å²) >= 11 is 0. The Bertz CT molecular complexity index is 798. The number of hydrogen-bond acceptors (Lipinski definition) is 5. The topological polar surface area (TPSA) is 108 Å². The number of carbonyl (C=O) groups is 2. The molecule has 25 heavy (non-hydrogen) atoms. The van der Waals surface area contributed by atoms with Crippen LogP contribution in [-0.2, 0) is 16.0 Å². The van der Waals surface area contributed by atoms with Gasteiger partial charge in [0.15, 0.2) is 5.82 Å². The Labute approximate surface area is 144 Å². The minimum absolute atomic E-state index is 0.0164. The molecular formula is C17H20N4O4. The molecule has 0 bridgehead atoms. The van der Waals surface area contributed by atoms with Crippen molar-refractivity contribution >= 4 is 11.8 Å². The van der Waals surface area contributed by atoms with E-state index in [9.17, 15) is 14.4 Å². The molecule has 0 radical (unpaired) electrons. The maximum absolute atomic E-state index is 12.3. The summed E-state index contributed by atoms with van der Waals surface area (Å²) in [7, 11) is 0. The van der Waals surface area contributed by atoms with Gasteiger partial charge >= 0.3 is 5.76 Å². The van der Waals surface area contributed by atoms with Crippen LogP contribution in [-0.4, -0.2) is 39.9 Å². The highest BCUT2D eigenvalue weighted by Crippen LogP contribution is 2.28.